The molecule has 0 bridgehead atoms. The van der Waals surface area contributed by atoms with Crippen LogP contribution in [0.2, 0.25) is 5.02 Å². The summed E-state index contributed by atoms with van der Waals surface area (Å²) in [5.74, 6) is -0.523. The summed E-state index contributed by atoms with van der Waals surface area (Å²) in [6.45, 7) is 5.27. The van der Waals surface area contributed by atoms with Crippen molar-refractivity contribution in [2.75, 3.05) is 45.8 Å². The Morgan fingerprint density at radius 2 is 1.48 bits per heavy atom. The third kappa shape index (κ3) is 8.43. The predicted octanol–water partition coefficient (Wildman–Crippen LogP) is 4.65. The first-order chi connectivity index (χ1) is 21.4. The molecule has 2 aliphatic rings. The summed E-state index contributed by atoms with van der Waals surface area (Å²) in [5, 5.41) is 23.5. The van der Waals surface area contributed by atoms with Gasteiger partial charge in [-0.15, -0.1) is 0 Å². The second kappa shape index (κ2) is 15.3. The van der Waals surface area contributed by atoms with Crippen molar-refractivity contribution in [1.29, 1.82) is 0 Å². The first-order valence-corrected chi connectivity index (χ1v) is 15.7. The van der Waals surface area contributed by atoms with E-state index in [2.05, 4.69) is 39.4 Å². The highest BCUT2D eigenvalue weighted by Crippen LogP contribution is 2.35. The van der Waals surface area contributed by atoms with E-state index in [-0.39, 0.29) is 29.9 Å². The molecule has 3 aromatic rings. The molecule has 3 N–H and O–H groups in total. The predicted molar refractivity (Wildman–Crippen MR) is 169 cm³/mol. The lowest BCUT2D eigenvalue weighted by atomic mass is 9.88. The van der Waals surface area contributed by atoms with Gasteiger partial charge in [0.1, 0.15) is 12.6 Å². The zero-order valence-electron chi connectivity index (χ0n) is 24.9. The lowest BCUT2D eigenvalue weighted by Gasteiger charge is -2.40. The number of ether oxygens (including phenoxy) is 1. The van der Waals surface area contributed by atoms with Gasteiger partial charge in [0.05, 0.1) is 0 Å². The number of carbonyl (C=O) groups excluding carboxylic acids is 2. The zero-order valence-corrected chi connectivity index (χ0v) is 25.7. The average molecular weight is 621 g/mol. The van der Waals surface area contributed by atoms with Crippen LogP contribution in [0.25, 0.3) is 0 Å². The van der Waals surface area contributed by atoms with Gasteiger partial charge >= 0.3 is 6.09 Å². The summed E-state index contributed by atoms with van der Waals surface area (Å²) in [4.78, 5) is 33.2. The lowest BCUT2D eigenvalue weighted by molar-refractivity contribution is -0.137. The van der Waals surface area contributed by atoms with Crippen molar-refractivity contribution in [3.63, 3.8) is 0 Å². The van der Waals surface area contributed by atoms with Crippen molar-refractivity contribution in [2.45, 2.75) is 38.5 Å². The van der Waals surface area contributed by atoms with Gasteiger partial charge in [0, 0.05) is 49.9 Å². The minimum atomic E-state index is -0.675. The molecule has 5 rings (SSSR count). The number of phenols is 2. The van der Waals surface area contributed by atoms with Crippen LogP contribution >= 0.6 is 11.6 Å². The lowest BCUT2D eigenvalue weighted by Crippen LogP contribution is -2.58. The van der Waals surface area contributed by atoms with Crippen LogP contribution in [-0.2, 0) is 29.1 Å². The minimum Gasteiger partial charge on any atom is -0.504 e. The number of carbonyl (C=O) groups is 2. The summed E-state index contributed by atoms with van der Waals surface area (Å²) in [5.41, 5.74) is 2.66. The van der Waals surface area contributed by atoms with E-state index in [0.717, 1.165) is 44.5 Å². The highest BCUT2D eigenvalue weighted by atomic mass is 35.5. The van der Waals surface area contributed by atoms with Gasteiger partial charge < -0.3 is 30.1 Å². The Morgan fingerprint density at radius 1 is 0.841 bits per heavy atom. The molecule has 44 heavy (non-hydrogen) atoms. The van der Waals surface area contributed by atoms with E-state index in [0.29, 0.717) is 43.3 Å². The summed E-state index contributed by atoms with van der Waals surface area (Å²) in [6.07, 6.45) is 2.00. The Labute approximate surface area is 264 Å². The van der Waals surface area contributed by atoms with Crippen LogP contribution in [0.3, 0.4) is 0 Å². The second-order valence-electron chi connectivity index (χ2n) is 11.6. The van der Waals surface area contributed by atoms with Gasteiger partial charge in [-0.25, -0.2) is 4.79 Å². The number of alkyl carbamates (subject to hydrolysis) is 1. The molecule has 0 radical (unpaired) electrons. The van der Waals surface area contributed by atoms with Gasteiger partial charge in [0.25, 0.3) is 0 Å². The molecule has 2 saturated heterocycles. The van der Waals surface area contributed by atoms with E-state index in [1.54, 1.807) is 6.07 Å². The molecule has 2 amide bonds. The van der Waals surface area contributed by atoms with E-state index < -0.39 is 12.1 Å². The van der Waals surface area contributed by atoms with Crippen molar-refractivity contribution < 1.29 is 24.5 Å². The monoisotopic (exact) mass is 620 g/mol. The maximum Gasteiger partial charge on any atom is 0.408 e. The van der Waals surface area contributed by atoms with Crippen molar-refractivity contribution in [2.24, 2.45) is 5.92 Å². The number of hydrogen-bond donors (Lipinski definition) is 3. The molecule has 0 aromatic heterocycles. The van der Waals surface area contributed by atoms with Gasteiger partial charge in [-0.3, -0.25) is 9.69 Å². The standard InChI is InChI=1S/C34H41ClN4O5/c35-29-11-12-30(40)32(41)28(29)23-38-19-21-39(22-20-38)33(42)31(36-34(43)44-24-26-9-5-2-6-10-26)27-14-17-37(18-15-27)16-13-25-7-3-1-4-8-25/h1-12,27,31,40-41H,13-24H2,(H,36,43)/t31-/m1/s1. The number of amides is 2. The number of likely N-dealkylation sites (tertiary alicyclic amines) is 1. The number of hydrogen-bond acceptors (Lipinski definition) is 7. The number of nitrogens with one attached hydrogen (secondary N) is 1. The van der Waals surface area contributed by atoms with E-state index in [1.165, 1.54) is 11.6 Å². The molecule has 234 valence electrons. The number of nitrogens with zero attached hydrogens (tertiary/aromatic N) is 3. The topological polar surface area (TPSA) is 106 Å². The summed E-state index contributed by atoms with van der Waals surface area (Å²) in [6, 6.07) is 22.2. The van der Waals surface area contributed by atoms with Crippen molar-refractivity contribution in [3.05, 3.63) is 94.5 Å². The van der Waals surface area contributed by atoms with E-state index >= 15 is 0 Å². The number of piperazine rings is 1. The smallest absolute Gasteiger partial charge is 0.408 e. The van der Waals surface area contributed by atoms with E-state index in [9.17, 15) is 19.8 Å². The molecule has 2 fully saturated rings. The highest BCUT2D eigenvalue weighted by molar-refractivity contribution is 6.31. The number of benzene rings is 3. The summed E-state index contributed by atoms with van der Waals surface area (Å²) in [7, 11) is 0. The molecule has 2 heterocycles. The summed E-state index contributed by atoms with van der Waals surface area (Å²) < 4.78 is 5.52. The van der Waals surface area contributed by atoms with Crippen molar-refractivity contribution in [1.82, 2.24) is 20.0 Å². The number of piperidine rings is 1. The SMILES string of the molecule is O=C(N[C@@H](C(=O)N1CCN(Cc2c(Cl)ccc(O)c2O)CC1)C1CCN(CCc2ccccc2)CC1)OCc1ccccc1. The van der Waals surface area contributed by atoms with Crippen molar-refractivity contribution >= 4 is 23.6 Å². The molecule has 0 unspecified atom stereocenters. The Balaban J connectivity index is 1.19. The molecule has 0 spiro atoms. The van der Waals surface area contributed by atoms with Gasteiger partial charge in [-0.2, -0.15) is 0 Å². The molecular weight excluding hydrogens is 580 g/mol. The Hall–Kier alpha value is -3.79. The van der Waals surface area contributed by atoms with Crippen molar-refractivity contribution in [3.8, 4) is 11.5 Å². The van der Waals surface area contributed by atoms with E-state index in [4.69, 9.17) is 16.3 Å². The van der Waals surface area contributed by atoms with Gasteiger partial charge in [-0.1, -0.05) is 72.3 Å². The first-order valence-electron chi connectivity index (χ1n) is 15.3. The molecule has 0 saturated carbocycles. The van der Waals surface area contributed by atoms with Crippen LogP contribution in [0.15, 0.2) is 72.8 Å². The number of rotatable bonds is 10. The molecule has 3 aromatic carbocycles. The number of halogens is 1. The fourth-order valence-corrected chi connectivity index (χ4v) is 6.22. The van der Waals surface area contributed by atoms with Crippen LogP contribution in [0.1, 0.15) is 29.5 Å². The van der Waals surface area contributed by atoms with Crippen LogP contribution in [0, 0.1) is 5.92 Å². The molecule has 10 heteroatoms. The Morgan fingerprint density at radius 3 is 2.14 bits per heavy atom. The molecular formula is C34H41ClN4O5. The third-order valence-corrected chi connectivity index (χ3v) is 9.04. The number of phenolic OH excluding ortho intramolecular Hbond substituents is 2. The van der Waals surface area contributed by atoms with E-state index in [1.807, 2.05) is 41.3 Å². The Kier molecular flexibility index (Phi) is 11.0. The average Bonchev–Trinajstić information content (AvgIpc) is 3.07. The minimum absolute atomic E-state index is 0.000767. The van der Waals surface area contributed by atoms with Gasteiger partial charge in [-0.05, 0) is 61.5 Å². The molecule has 2 aliphatic heterocycles. The van der Waals surface area contributed by atoms with Crippen LogP contribution in [0.4, 0.5) is 4.79 Å². The number of aromatic hydroxyl groups is 2. The van der Waals surface area contributed by atoms with Crippen LogP contribution in [-0.4, -0.2) is 88.8 Å². The zero-order chi connectivity index (χ0) is 30.9. The second-order valence-corrected chi connectivity index (χ2v) is 12.0. The van der Waals surface area contributed by atoms with Gasteiger partial charge in [0.15, 0.2) is 11.5 Å². The quantitative estimate of drug-likeness (QED) is 0.284. The van der Waals surface area contributed by atoms with Crippen LogP contribution < -0.4 is 5.32 Å². The maximum atomic E-state index is 13.9. The first kappa shape index (κ1) is 31.6. The fraction of sp³-hybridized carbons (Fsp3) is 0.412. The summed E-state index contributed by atoms with van der Waals surface area (Å²) >= 11 is 6.28. The Bertz CT molecular complexity index is 1380. The van der Waals surface area contributed by atoms with Crippen LogP contribution in [0.5, 0.6) is 11.5 Å². The normalized spacial score (nSPS) is 17.2. The largest absolute Gasteiger partial charge is 0.504 e. The molecule has 1 atom stereocenters. The third-order valence-electron chi connectivity index (χ3n) is 8.69. The maximum absolute atomic E-state index is 13.9. The molecule has 0 aliphatic carbocycles. The fourth-order valence-electron chi connectivity index (χ4n) is 6.01. The molecule has 9 nitrogen and oxygen atoms in total. The van der Waals surface area contributed by atoms with Gasteiger partial charge in [0.2, 0.25) is 5.91 Å². The highest BCUT2D eigenvalue weighted by Gasteiger charge is 2.36.